The lowest BCUT2D eigenvalue weighted by Gasteiger charge is -2.22. The minimum atomic E-state index is -0.830. The molecule has 2 N–H and O–H groups in total. The molecule has 0 spiro atoms. The summed E-state index contributed by atoms with van der Waals surface area (Å²) < 4.78 is 0. The van der Waals surface area contributed by atoms with Gasteiger partial charge in [0.2, 0.25) is 0 Å². The fraction of sp³-hybridized carbons (Fsp3) is 0.357. The third-order valence-electron chi connectivity index (χ3n) is 3.36. The van der Waals surface area contributed by atoms with Crippen molar-refractivity contribution in [1.29, 1.82) is 0 Å². The molecular weight excluding hydrogens is 258 g/mol. The topological polar surface area (TPSA) is 88.3 Å². The standard InChI is InChI=1S/C14H17N3O3/c1-3-14(2,18)9-16-11-6-7-12(17(19)20)10-5-4-8-15-13(10)11/h4-8,16,18H,3,9H2,1-2H3. The zero-order chi connectivity index (χ0) is 14.8. The van der Waals surface area contributed by atoms with Gasteiger partial charge in [0.05, 0.1) is 21.6 Å². The van der Waals surface area contributed by atoms with E-state index in [0.29, 0.717) is 29.6 Å². The number of nitro benzene ring substituents is 1. The van der Waals surface area contributed by atoms with E-state index in [1.807, 2.05) is 6.92 Å². The van der Waals surface area contributed by atoms with Gasteiger partial charge in [-0.3, -0.25) is 15.1 Å². The number of non-ortho nitro benzene ring substituents is 1. The summed E-state index contributed by atoms with van der Waals surface area (Å²) in [6.07, 6.45) is 2.20. The van der Waals surface area contributed by atoms with Gasteiger partial charge in [-0.1, -0.05) is 6.92 Å². The Balaban J connectivity index is 2.41. The molecule has 106 valence electrons. The second kappa shape index (κ2) is 5.42. The Kier molecular flexibility index (Phi) is 3.85. The molecule has 0 amide bonds. The molecule has 0 fully saturated rings. The third kappa shape index (κ3) is 2.85. The van der Waals surface area contributed by atoms with Gasteiger partial charge in [0.25, 0.3) is 5.69 Å². The molecule has 0 radical (unpaired) electrons. The van der Waals surface area contributed by atoms with Gasteiger partial charge in [0.15, 0.2) is 0 Å². The number of nitrogens with one attached hydrogen (secondary N) is 1. The minimum Gasteiger partial charge on any atom is -0.388 e. The van der Waals surface area contributed by atoms with Crippen LogP contribution in [0.3, 0.4) is 0 Å². The molecule has 0 aliphatic heterocycles. The van der Waals surface area contributed by atoms with Crippen LogP contribution in [-0.2, 0) is 0 Å². The van der Waals surface area contributed by atoms with E-state index >= 15 is 0 Å². The first kappa shape index (κ1) is 14.2. The Morgan fingerprint density at radius 2 is 2.20 bits per heavy atom. The SMILES string of the molecule is CCC(C)(O)CNc1ccc([N+](=O)[O-])c2cccnc12. The van der Waals surface area contributed by atoms with Crippen LogP contribution < -0.4 is 5.32 Å². The molecule has 0 bridgehead atoms. The fourth-order valence-electron chi connectivity index (χ4n) is 1.87. The van der Waals surface area contributed by atoms with Crippen LogP contribution in [0.5, 0.6) is 0 Å². The van der Waals surface area contributed by atoms with Gasteiger partial charge in [-0.25, -0.2) is 0 Å². The molecule has 0 saturated carbocycles. The van der Waals surface area contributed by atoms with Crippen LogP contribution in [0.4, 0.5) is 11.4 Å². The molecule has 0 aliphatic rings. The van der Waals surface area contributed by atoms with Crippen molar-refractivity contribution >= 4 is 22.3 Å². The number of hydrogen-bond acceptors (Lipinski definition) is 5. The highest BCUT2D eigenvalue weighted by atomic mass is 16.6. The second-order valence-electron chi connectivity index (χ2n) is 4.99. The van der Waals surface area contributed by atoms with Crippen molar-refractivity contribution in [1.82, 2.24) is 4.98 Å². The zero-order valence-corrected chi connectivity index (χ0v) is 11.5. The lowest BCUT2D eigenvalue weighted by Crippen LogP contribution is -2.32. The summed E-state index contributed by atoms with van der Waals surface area (Å²) in [6.45, 7) is 3.99. The smallest absolute Gasteiger partial charge is 0.278 e. The van der Waals surface area contributed by atoms with Crippen LogP contribution in [0.25, 0.3) is 10.9 Å². The normalized spacial score (nSPS) is 13.9. The molecule has 1 aromatic heterocycles. The molecule has 2 aromatic rings. The van der Waals surface area contributed by atoms with Crippen molar-refractivity contribution in [2.45, 2.75) is 25.9 Å². The first-order valence-electron chi connectivity index (χ1n) is 6.43. The Morgan fingerprint density at radius 1 is 1.45 bits per heavy atom. The summed E-state index contributed by atoms with van der Waals surface area (Å²) in [5.74, 6) is 0. The van der Waals surface area contributed by atoms with Crippen molar-refractivity contribution in [3.8, 4) is 0 Å². The highest BCUT2D eigenvalue weighted by Crippen LogP contribution is 2.30. The van der Waals surface area contributed by atoms with Crippen LogP contribution in [0.1, 0.15) is 20.3 Å². The number of anilines is 1. The van der Waals surface area contributed by atoms with Gasteiger partial charge in [0.1, 0.15) is 5.52 Å². The predicted molar refractivity (Wildman–Crippen MR) is 77.8 cm³/mol. The number of hydrogen-bond donors (Lipinski definition) is 2. The molecular formula is C14H17N3O3. The van der Waals surface area contributed by atoms with E-state index in [4.69, 9.17) is 0 Å². The first-order chi connectivity index (χ1) is 9.44. The predicted octanol–water partition coefficient (Wildman–Crippen LogP) is 2.72. The maximum absolute atomic E-state index is 11.0. The fourth-order valence-corrected chi connectivity index (χ4v) is 1.87. The number of pyridine rings is 1. The van der Waals surface area contributed by atoms with Crippen LogP contribution >= 0.6 is 0 Å². The monoisotopic (exact) mass is 275 g/mol. The number of aliphatic hydroxyl groups is 1. The molecule has 1 atom stereocenters. The van der Waals surface area contributed by atoms with Gasteiger partial charge < -0.3 is 10.4 Å². The molecule has 6 nitrogen and oxygen atoms in total. The summed E-state index contributed by atoms with van der Waals surface area (Å²) in [7, 11) is 0. The van der Waals surface area contributed by atoms with E-state index in [-0.39, 0.29) is 5.69 Å². The van der Waals surface area contributed by atoms with Crippen molar-refractivity contribution in [2.75, 3.05) is 11.9 Å². The average molecular weight is 275 g/mol. The van der Waals surface area contributed by atoms with Gasteiger partial charge in [0, 0.05) is 18.8 Å². The maximum atomic E-state index is 11.0. The van der Waals surface area contributed by atoms with Crippen LogP contribution in [0, 0.1) is 10.1 Å². The molecule has 1 aromatic carbocycles. The Hall–Kier alpha value is -2.21. The minimum absolute atomic E-state index is 0.0286. The summed E-state index contributed by atoms with van der Waals surface area (Å²) in [5, 5.41) is 24.6. The van der Waals surface area contributed by atoms with Crippen molar-refractivity contribution in [3.05, 3.63) is 40.6 Å². The van der Waals surface area contributed by atoms with Crippen LogP contribution in [-0.4, -0.2) is 27.2 Å². The number of rotatable bonds is 5. The largest absolute Gasteiger partial charge is 0.388 e. The molecule has 20 heavy (non-hydrogen) atoms. The van der Waals surface area contributed by atoms with Crippen LogP contribution in [0.15, 0.2) is 30.5 Å². The molecule has 1 unspecified atom stereocenters. The summed E-state index contributed by atoms with van der Waals surface area (Å²) in [6, 6.07) is 6.41. The Labute approximate surface area is 116 Å². The molecule has 2 rings (SSSR count). The molecule has 6 heteroatoms. The first-order valence-corrected chi connectivity index (χ1v) is 6.43. The molecule has 0 aliphatic carbocycles. The quantitative estimate of drug-likeness (QED) is 0.647. The number of nitro groups is 1. The van der Waals surface area contributed by atoms with E-state index < -0.39 is 10.5 Å². The van der Waals surface area contributed by atoms with Gasteiger partial charge in [-0.05, 0) is 31.5 Å². The number of nitrogens with zero attached hydrogens (tertiary/aromatic N) is 2. The van der Waals surface area contributed by atoms with E-state index in [2.05, 4.69) is 10.3 Å². The van der Waals surface area contributed by atoms with E-state index in [0.717, 1.165) is 0 Å². The van der Waals surface area contributed by atoms with Gasteiger partial charge in [-0.2, -0.15) is 0 Å². The Morgan fingerprint density at radius 3 is 2.85 bits per heavy atom. The maximum Gasteiger partial charge on any atom is 0.278 e. The van der Waals surface area contributed by atoms with Crippen molar-refractivity contribution in [2.24, 2.45) is 0 Å². The highest BCUT2D eigenvalue weighted by molar-refractivity contribution is 5.96. The Bertz CT molecular complexity index is 641. The van der Waals surface area contributed by atoms with Gasteiger partial charge in [-0.15, -0.1) is 0 Å². The second-order valence-corrected chi connectivity index (χ2v) is 4.99. The summed E-state index contributed by atoms with van der Waals surface area (Å²) >= 11 is 0. The highest BCUT2D eigenvalue weighted by Gasteiger charge is 2.19. The van der Waals surface area contributed by atoms with E-state index in [9.17, 15) is 15.2 Å². The number of aromatic nitrogens is 1. The molecule has 1 heterocycles. The zero-order valence-electron chi connectivity index (χ0n) is 11.5. The summed E-state index contributed by atoms with van der Waals surface area (Å²) in [5.41, 5.74) is 0.414. The lowest BCUT2D eigenvalue weighted by atomic mass is 10.0. The average Bonchev–Trinajstić information content (AvgIpc) is 2.44. The third-order valence-corrected chi connectivity index (χ3v) is 3.36. The van der Waals surface area contributed by atoms with Gasteiger partial charge >= 0.3 is 0 Å². The lowest BCUT2D eigenvalue weighted by molar-refractivity contribution is -0.383. The van der Waals surface area contributed by atoms with E-state index in [1.54, 1.807) is 31.3 Å². The number of fused-ring (bicyclic) bond motifs is 1. The van der Waals surface area contributed by atoms with Crippen molar-refractivity contribution in [3.63, 3.8) is 0 Å². The van der Waals surface area contributed by atoms with E-state index in [1.165, 1.54) is 6.07 Å². The van der Waals surface area contributed by atoms with Crippen LogP contribution in [0.2, 0.25) is 0 Å². The summed E-state index contributed by atoms with van der Waals surface area (Å²) in [4.78, 5) is 14.8. The molecule has 0 saturated heterocycles. The van der Waals surface area contributed by atoms with Crippen molar-refractivity contribution < 1.29 is 10.0 Å². The number of benzene rings is 1.